The van der Waals surface area contributed by atoms with Crippen LogP contribution in [0, 0.1) is 0 Å². The Bertz CT molecular complexity index is 2590. The Kier molecular flexibility index (Phi) is 7.93. The largest absolute Gasteiger partial charge is 0.310 e. The average molecular weight is 714 g/mol. The van der Waals surface area contributed by atoms with Crippen molar-refractivity contribution >= 4 is 17.1 Å². The van der Waals surface area contributed by atoms with Crippen LogP contribution in [-0.2, 0) is 21.7 Å². The molecule has 9 rings (SSSR count). The monoisotopic (exact) mass is 713 g/mol. The molecule has 1 nitrogen and oxygen atoms in total. The van der Waals surface area contributed by atoms with Crippen molar-refractivity contribution in [3.8, 4) is 44.5 Å². The van der Waals surface area contributed by atoms with Gasteiger partial charge in [0.2, 0.25) is 0 Å². The minimum Gasteiger partial charge on any atom is -0.310 e. The molecule has 0 heterocycles. The smallest absolute Gasteiger partial charge is 0.0467 e. The number of anilines is 3. The normalized spacial score (nSPS) is 16.6. The molecule has 0 aliphatic heterocycles. The van der Waals surface area contributed by atoms with Crippen molar-refractivity contribution in [2.24, 2.45) is 0 Å². The van der Waals surface area contributed by atoms with Gasteiger partial charge in [-0.1, -0.05) is 171 Å². The highest BCUT2D eigenvalue weighted by Gasteiger charge is 2.47. The van der Waals surface area contributed by atoms with E-state index in [9.17, 15) is 0 Å². The summed E-state index contributed by atoms with van der Waals surface area (Å²) in [4.78, 5) is 2.43. The number of hydrogen-bond donors (Lipinski definition) is 0. The van der Waals surface area contributed by atoms with Crippen molar-refractivity contribution < 1.29 is 0 Å². The lowest BCUT2D eigenvalue weighted by Gasteiger charge is -2.48. The summed E-state index contributed by atoms with van der Waals surface area (Å²) >= 11 is 0. The molecule has 0 atom stereocenters. The Labute approximate surface area is 328 Å². The molecule has 0 saturated heterocycles. The van der Waals surface area contributed by atoms with E-state index in [0.717, 1.165) is 11.4 Å². The third-order valence-corrected chi connectivity index (χ3v) is 14.2. The minimum absolute atomic E-state index is 0.0383. The highest BCUT2D eigenvalue weighted by molar-refractivity contribution is 5.88. The molecule has 0 unspecified atom stereocenters. The Balaban J connectivity index is 1.19. The first-order chi connectivity index (χ1) is 26.3. The van der Waals surface area contributed by atoms with Gasteiger partial charge in [-0.15, -0.1) is 0 Å². The molecule has 1 heteroatoms. The van der Waals surface area contributed by atoms with Gasteiger partial charge >= 0.3 is 0 Å². The van der Waals surface area contributed by atoms with Crippen molar-refractivity contribution in [2.45, 2.75) is 77.0 Å². The first kappa shape index (κ1) is 35.1. The molecule has 2 aliphatic carbocycles. The molecule has 7 aromatic rings. The zero-order valence-electron chi connectivity index (χ0n) is 33.5. The quantitative estimate of drug-likeness (QED) is 0.172. The molecule has 0 saturated carbocycles. The SMILES string of the molecule is CC1(C)c2ccc(-c3ccccc3)cc2-c2cc(-c3cccc(N(c4ccccc4)c4ccc5c(c4)C(C)(C)C(C)(C)c4ccccc4-5)c3)ccc2C1(C)C. The Morgan fingerprint density at radius 2 is 0.709 bits per heavy atom. The Morgan fingerprint density at radius 1 is 0.273 bits per heavy atom. The molecule has 55 heavy (non-hydrogen) atoms. The summed E-state index contributed by atoms with van der Waals surface area (Å²) in [5, 5.41) is 0. The van der Waals surface area contributed by atoms with Gasteiger partial charge in [0.25, 0.3) is 0 Å². The third-order valence-electron chi connectivity index (χ3n) is 14.2. The van der Waals surface area contributed by atoms with E-state index in [-0.39, 0.29) is 21.7 Å². The molecule has 2 aliphatic rings. The van der Waals surface area contributed by atoms with E-state index < -0.39 is 0 Å². The predicted octanol–water partition coefficient (Wildman–Crippen LogP) is 15.0. The fourth-order valence-electron chi connectivity index (χ4n) is 9.50. The van der Waals surface area contributed by atoms with Crippen LogP contribution in [0.25, 0.3) is 44.5 Å². The van der Waals surface area contributed by atoms with Crippen LogP contribution in [-0.4, -0.2) is 0 Å². The van der Waals surface area contributed by atoms with Crippen LogP contribution >= 0.6 is 0 Å². The van der Waals surface area contributed by atoms with Crippen LogP contribution in [0.5, 0.6) is 0 Å². The van der Waals surface area contributed by atoms with Crippen molar-refractivity contribution in [1.29, 1.82) is 0 Å². The molecule has 0 amide bonds. The Morgan fingerprint density at radius 3 is 1.35 bits per heavy atom. The highest BCUT2D eigenvalue weighted by Crippen LogP contribution is 2.56. The summed E-state index contributed by atoms with van der Waals surface area (Å²) < 4.78 is 0. The molecular weight excluding hydrogens is 663 g/mol. The second kappa shape index (κ2) is 12.4. The molecule has 0 spiro atoms. The van der Waals surface area contributed by atoms with Gasteiger partial charge in [0, 0.05) is 17.1 Å². The maximum Gasteiger partial charge on any atom is 0.0467 e. The summed E-state index contributed by atoms with van der Waals surface area (Å²) in [5.41, 5.74) is 19.2. The van der Waals surface area contributed by atoms with E-state index >= 15 is 0 Å². The van der Waals surface area contributed by atoms with E-state index in [1.54, 1.807) is 0 Å². The van der Waals surface area contributed by atoms with E-state index in [1.807, 2.05) is 0 Å². The summed E-state index contributed by atoms with van der Waals surface area (Å²) in [7, 11) is 0. The van der Waals surface area contributed by atoms with Gasteiger partial charge in [-0.25, -0.2) is 0 Å². The van der Waals surface area contributed by atoms with Crippen molar-refractivity contribution in [1.82, 2.24) is 0 Å². The molecule has 0 radical (unpaired) electrons. The zero-order chi connectivity index (χ0) is 38.3. The first-order valence-corrected chi connectivity index (χ1v) is 19.9. The van der Waals surface area contributed by atoms with Gasteiger partial charge in [0.1, 0.15) is 0 Å². The topological polar surface area (TPSA) is 3.24 Å². The van der Waals surface area contributed by atoms with Crippen LogP contribution in [0.15, 0.2) is 164 Å². The van der Waals surface area contributed by atoms with Gasteiger partial charge in [-0.05, 0) is 137 Å². The number of para-hydroxylation sites is 1. The van der Waals surface area contributed by atoms with Crippen LogP contribution < -0.4 is 4.90 Å². The van der Waals surface area contributed by atoms with Crippen molar-refractivity contribution in [3.63, 3.8) is 0 Å². The van der Waals surface area contributed by atoms with Gasteiger partial charge in [0.15, 0.2) is 0 Å². The standard InChI is InChI=1S/C54H51N/c1-51(2)47-25-16-15-24-43(47)44-29-28-42(35-50(44)54(51,7)8)55(40-21-13-10-14-22-40)41-23-17-20-37(32-41)39-27-31-49-46(34-39)45-33-38(36-18-11-9-12-19-36)26-30-48(45)52(3,4)53(49,5)6/h9-35H,1-8H3. The maximum atomic E-state index is 2.46. The minimum atomic E-state index is -0.0843. The van der Waals surface area contributed by atoms with E-state index in [1.165, 1.54) is 72.4 Å². The lowest BCUT2D eigenvalue weighted by molar-refractivity contribution is 0.299. The summed E-state index contributed by atoms with van der Waals surface area (Å²) in [6, 6.07) is 61.1. The number of fused-ring (bicyclic) bond motifs is 6. The first-order valence-electron chi connectivity index (χ1n) is 19.9. The molecule has 0 aromatic heterocycles. The van der Waals surface area contributed by atoms with E-state index in [0.29, 0.717) is 0 Å². The van der Waals surface area contributed by atoms with Crippen LogP contribution in [0.1, 0.15) is 77.6 Å². The zero-order valence-corrected chi connectivity index (χ0v) is 33.5. The summed E-state index contributed by atoms with van der Waals surface area (Å²) in [6.45, 7) is 19.3. The highest BCUT2D eigenvalue weighted by atomic mass is 15.1. The van der Waals surface area contributed by atoms with Gasteiger partial charge < -0.3 is 4.90 Å². The third kappa shape index (κ3) is 5.27. The lowest BCUT2D eigenvalue weighted by Crippen LogP contribution is -2.43. The molecule has 272 valence electrons. The maximum absolute atomic E-state index is 2.46. The number of rotatable bonds is 5. The van der Waals surface area contributed by atoms with Gasteiger partial charge in [-0.2, -0.15) is 0 Å². The fourth-order valence-corrected chi connectivity index (χ4v) is 9.50. The summed E-state index contributed by atoms with van der Waals surface area (Å²) in [5.74, 6) is 0. The van der Waals surface area contributed by atoms with Crippen molar-refractivity contribution in [3.05, 3.63) is 186 Å². The van der Waals surface area contributed by atoms with Crippen molar-refractivity contribution in [2.75, 3.05) is 4.90 Å². The van der Waals surface area contributed by atoms with Gasteiger partial charge in [-0.3, -0.25) is 0 Å². The Hall–Kier alpha value is -5.66. The molecule has 7 aromatic carbocycles. The summed E-state index contributed by atoms with van der Waals surface area (Å²) in [6.07, 6.45) is 0. The van der Waals surface area contributed by atoms with E-state index in [4.69, 9.17) is 0 Å². The second-order valence-electron chi connectivity index (χ2n) is 17.9. The second-order valence-corrected chi connectivity index (χ2v) is 17.9. The lowest BCUT2D eigenvalue weighted by atomic mass is 9.55. The number of hydrogen-bond acceptors (Lipinski definition) is 1. The number of nitrogens with zero attached hydrogens (tertiary/aromatic N) is 1. The molecule has 0 bridgehead atoms. The average Bonchev–Trinajstić information content (AvgIpc) is 3.20. The predicted molar refractivity (Wildman–Crippen MR) is 235 cm³/mol. The van der Waals surface area contributed by atoms with Gasteiger partial charge in [0.05, 0.1) is 0 Å². The molecular formula is C54H51N. The van der Waals surface area contributed by atoms with Crippen LogP contribution in [0.4, 0.5) is 17.1 Å². The van der Waals surface area contributed by atoms with Crippen LogP contribution in [0.2, 0.25) is 0 Å². The molecule has 0 N–H and O–H groups in total. The fraction of sp³-hybridized carbons (Fsp3) is 0.222. The van der Waals surface area contributed by atoms with Crippen LogP contribution in [0.3, 0.4) is 0 Å². The number of benzene rings is 7. The molecule has 0 fully saturated rings. The van der Waals surface area contributed by atoms with E-state index in [2.05, 4.69) is 224 Å².